The second-order valence-corrected chi connectivity index (χ2v) is 9.35. The lowest BCUT2D eigenvalue weighted by molar-refractivity contribution is -0.130. The molecule has 2 amide bonds. The lowest BCUT2D eigenvalue weighted by Gasteiger charge is -2.33. The van der Waals surface area contributed by atoms with E-state index in [1.165, 1.54) is 17.6 Å². The molecule has 0 spiro atoms. The molecule has 1 unspecified atom stereocenters. The summed E-state index contributed by atoms with van der Waals surface area (Å²) in [5.41, 5.74) is 3.37. The van der Waals surface area contributed by atoms with Crippen molar-refractivity contribution in [3.8, 4) is 0 Å². The van der Waals surface area contributed by atoms with Gasteiger partial charge < -0.3 is 10.2 Å². The zero-order chi connectivity index (χ0) is 21.1. The third-order valence-corrected chi connectivity index (χ3v) is 6.89. The van der Waals surface area contributed by atoms with Gasteiger partial charge in [0.05, 0.1) is 12.5 Å². The Morgan fingerprint density at radius 3 is 2.53 bits per heavy atom. The minimum Gasteiger partial charge on any atom is -0.353 e. The maximum Gasteiger partial charge on any atom is 0.251 e. The summed E-state index contributed by atoms with van der Waals surface area (Å²) in [5, 5.41) is 3.22. The summed E-state index contributed by atoms with van der Waals surface area (Å²) in [6, 6.07) is 11.2. The van der Waals surface area contributed by atoms with Crippen molar-refractivity contribution in [3.63, 3.8) is 0 Å². The van der Waals surface area contributed by atoms with Crippen molar-refractivity contribution in [2.75, 3.05) is 13.1 Å². The van der Waals surface area contributed by atoms with Crippen LogP contribution in [0.15, 0.2) is 41.5 Å². The smallest absolute Gasteiger partial charge is 0.251 e. The topological polar surface area (TPSA) is 52.7 Å². The quantitative estimate of drug-likeness (QED) is 0.780. The molecule has 2 aliphatic heterocycles. The molecule has 1 N–H and O–H groups in total. The van der Waals surface area contributed by atoms with Gasteiger partial charge in [-0.15, -0.1) is 0 Å². The number of hydrogen-bond donors (Lipinski definition) is 1. The number of hydrogen-bond acceptors (Lipinski definition) is 3. The Bertz CT molecular complexity index is 794. The maximum absolute atomic E-state index is 13.0. The Labute approximate surface area is 180 Å². The molecule has 2 fully saturated rings. The SMILES string of the molecule is CC(C)N1C(=O)C(CC(=O)NC2CCN(Cc3ccccc3)CC2)=C2CCCCC21. The van der Waals surface area contributed by atoms with Gasteiger partial charge in [0.25, 0.3) is 5.91 Å². The zero-order valence-corrected chi connectivity index (χ0v) is 18.4. The van der Waals surface area contributed by atoms with E-state index < -0.39 is 0 Å². The van der Waals surface area contributed by atoms with Crippen LogP contribution in [0.4, 0.5) is 0 Å². The molecule has 1 saturated carbocycles. The molecule has 5 heteroatoms. The maximum atomic E-state index is 13.0. The second kappa shape index (κ2) is 9.34. The number of piperidine rings is 1. The highest BCUT2D eigenvalue weighted by Crippen LogP contribution is 2.38. The summed E-state index contributed by atoms with van der Waals surface area (Å²) in [6.07, 6.45) is 6.52. The highest BCUT2D eigenvalue weighted by molar-refractivity contribution is 6.02. The van der Waals surface area contributed by atoms with Crippen LogP contribution in [-0.4, -0.2) is 52.8 Å². The van der Waals surface area contributed by atoms with Crippen LogP contribution >= 0.6 is 0 Å². The molecule has 162 valence electrons. The van der Waals surface area contributed by atoms with Gasteiger partial charge in [-0.1, -0.05) is 36.8 Å². The number of fused-ring (bicyclic) bond motifs is 1. The Hall–Kier alpha value is -2.14. The van der Waals surface area contributed by atoms with Gasteiger partial charge in [0.1, 0.15) is 0 Å². The molecule has 1 saturated heterocycles. The molecule has 1 aliphatic carbocycles. The fourth-order valence-electron chi connectivity index (χ4n) is 5.39. The molecule has 5 nitrogen and oxygen atoms in total. The summed E-state index contributed by atoms with van der Waals surface area (Å²) in [6.45, 7) is 7.12. The van der Waals surface area contributed by atoms with Crippen molar-refractivity contribution in [3.05, 3.63) is 47.0 Å². The first-order valence-electron chi connectivity index (χ1n) is 11.6. The van der Waals surface area contributed by atoms with Crippen LogP contribution in [-0.2, 0) is 16.1 Å². The summed E-state index contributed by atoms with van der Waals surface area (Å²) in [4.78, 5) is 30.3. The zero-order valence-electron chi connectivity index (χ0n) is 18.4. The van der Waals surface area contributed by atoms with Crippen molar-refractivity contribution in [1.82, 2.24) is 15.1 Å². The standard InChI is InChI=1S/C25H35N3O2/c1-18(2)28-23-11-7-6-10-21(23)22(25(28)30)16-24(29)26-20-12-14-27(15-13-20)17-19-8-4-3-5-9-19/h3-5,8-9,18,20,23H,6-7,10-17H2,1-2H3,(H,26,29). The molecule has 2 heterocycles. The highest BCUT2D eigenvalue weighted by Gasteiger charge is 2.41. The third kappa shape index (κ3) is 4.61. The van der Waals surface area contributed by atoms with Crippen LogP contribution in [0.25, 0.3) is 0 Å². The van der Waals surface area contributed by atoms with E-state index in [-0.39, 0.29) is 36.4 Å². The molecule has 0 aromatic heterocycles. The van der Waals surface area contributed by atoms with Gasteiger partial charge in [0.15, 0.2) is 0 Å². The van der Waals surface area contributed by atoms with E-state index in [4.69, 9.17) is 0 Å². The van der Waals surface area contributed by atoms with E-state index in [9.17, 15) is 9.59 Å². The van der Waals surface area contributed by atoms with E-state index >= 15 is 0 Å². The first kappa shape index (κ1) is 21.1. The number of nitrogens with one attached hydrogen (secondary N) is 1. The minimum atomic E-state index is 0.0160. The third-order valence-electron chi connectivity index (χ3n) is 6.89. The van der Waals surface area contributed by atoms with E-state index in [0.717, 1.165) is 57.3 Å². The molecule has 4 rings (SSSR count). The van der Waals surface area contributed by atoms with Crippen molar-refractivity contribution in [2.45, 2.75) is 83.5 Å². The van der Waals surface area contributed by atoms with Crippen LogP contribution in [0.3, 0.4) is 0 Å². The van der Waals surface area contributed by atoms with Crippen molar-refractivity contribution >= 4 is 11.8 Å². The molecule has 1 aromatic rings. The van der Waals surface area contributed by atoms with Crippen molar-refractivity contribution in [2.24, 2.45) is 0 Å². The average molecular weight is 410 g/mol. The van der Waals surface area contributed by atoms with E-state index in [0.29, 0.717) is 0 Å². The number of benzene rings is 1. The number of amides is 2. The van der Waals surface area contributed by atoms with Gasteiger partial charge in [-0.05, 0) is 57.1 Å². The molecular weight excluding hydrogens is 374 g/mol. The molecule has 0 bridgehead atoms. The van der Waals surface area contributed by atoms with Gasteiger partial charge in [-0.3, -0.25) is 14.5 Å². The first-order chi connectivity index (χ1) is 14.5. The van der Waals surface area contributed by atoms with E-state index in [2.05, 4.69) is 48.3 Å². The van der Waals surface area contributed by atoms with Crippen LogP contribution in [0.1, 0.15) is 64.4 Å². The lowest BCUT2D eigenvalue weighted by atomic mass is 9.88. The molecule has 3 aliphatic rings. The summed E-state index contributed by atoms with van der Waals surface area (Å²) >= 11 is 0. The Kier molecular flexibility index (Phi) is 6.57. The highest BCUT2D eigenvalue weighted by atomic mass is 16.2. The number of likely N-dealkylation sites (tertiary alicyclic amines) is 1. The van der Waals surface area contributed by atoms with Crippen molar-refractivity contribution < 1.29 is 9.59 Å². The largest absolute Gasteiger partial charge is 0.353 e. The fraction of sp³-hybridized carbons (Fsp3) is 0.600. The summed E-state index contributed by atoms with van der Waals surface area (Å²) < 4.78 is 0. The Morgan fingerprint density at radius 2 is 1.83 bits per heavy atom. The number of carbonyl (C=O) groups is 2. The number of nitrogens with zero attached hydrogens (tertiary/aromatic N) is 2. The first-order valence-corrected chi connectivity index (χ1v) is 11.6. The summed E-state index contributed by atoms with van der Waals surface area (Å²) in [5.74, 6) is 0.113. The number of carbonyl (C=O) groups excluding carboxylic acids is 2. The molecule has 0 radical (unpaired) electrons. The molecule has 1 atom stereocenters. The van der Waals surface area contributed by atoms with Crippen LogP contribution in [0.2, 0.25) is 0 Å². The van der Waals surface area contributed by atoms with Gasteiger partial charge in [-0.2, -0.15) is 0 Å². The van der Waals surface area contributed by atoms with Crippen LogP contribution in [0, 0.1) is 0 Å². The fourth-order valence-corrected chi connectivity index (χ4v) is 5.39. The predicted octanol–water partition coefficient (Wildman–Crippen LogP) is 3.65. The van der Waals surface area contributed by atoms with Gasteiger partial charge in [0.2, 0.25) is 5.91 Å². The van der Waals surface area contributed by atoms with Gasteiger partial charge in [-0.25, -0.2) is 0 Å². The normalized spacial score (nSPS) is 23.2. The van der Waals surface area contributed by atoms with Crippen LogP contribution < -0.4 is 5.32 Å². The monoisotopic (exact) mass is 409 g/mol. The Morgan fingerprint density at radius 1 is 1.10 bits per heavy atom. The predicted molar refractivity (Wildman–Crippen MR) is 119 cm³/mol. The van der Waals surface area contributed by atoms with E-state index in [1.54, 1.807) is 0 Å². The summed E-state index contributed by atoms with van der Waals surface area (Å²) in [7, 11) is 0. The second-order valence-electron chi connectivity index (χ2n) is 9.35. The molecular formula is C25H35N3O2. The van der Waals surface area contributed by atoms with Crippen molar-refractivity contribution in [1.29, 1.82) is 0 Å². The average Bonchev–Trinajstić information content (AvgIpc) is 3.02. The molecule has 1 aromatic carbocycles. The number of rotatable bonds is 6. The minimum absolute atomic E-state index is 0.0160. The van der Waals surface area contributed by atoms with Crippen LogP contribution in [0.5, 0.6) is 0 Å². The molecule has 30 heavy (non-hydrogen) atoms. The van der Waals surface area contributed by atoms with Gasteiger partial charge in [0, 0.05) is 37.3 Å². The van der Waals surface area contributed by atoms with E-state index in [1.807, 2.05) is 11.0 Å². The Balaban J connectivity index is 1.30. The van der Waals surface area contributed by atoms with Gasteiger partial charge >= 0.3 is 0 Å². The lowest BCUT2D eigenvalue weighted by Crippen LogP contribution is -2.44.